The Morgan fingerprint density at radius 2 is 1.43 bits per heavy atom. The van der Waals surface area contributed by atoms with Gasteiger partial charge in [0.25, 0.3) is 5.91 Å². The molecule has 0 bridgehead atoms. The largest absolute Gasteiger partial charge is 0.488 e. The highest BCUT2D eigenvalue weighted by molar-refractivity contribution is 7.22. The van der Waals surface area contributed by atoms with Crippen molar-refractivity contribution in [3.8, 4) is 21.9 Å². The highest BCUT2D eigenvalue weighted by Gasteiger charge is 2.39. The summed E-state index contributed by atoms with van der Waals surface area (Å²) in [4.78, 5) is 49.5. The lowest BCUT2D eigenvalue weighted by Crippen LogP contribution is -2.52. The van der Waals surface area contributed by atoms with Crippen LogP contribution in [0.1, 0.15) is 28.8 Å². The van der Waals surface area contributed by atoms with Crippen molar-refractivity contribution in [1.82, 2.24) is 20.0 Å². The number of halogens is 1. The van der Waals surface area contributed by atoms with E-state index in [2.05, 4.69) is 43.1 Å². The quantitative estimate of drug-likeness (QED) is 0.142. The molecule has 9 rings (SSSR count). The maximum absolute atomic E-state index is 13.8. The Kier molecular flexibility index (Phi) is 10.6. The molecule has 3 saturated heterocycles. The molecule has 15 heteroatoms. The van der Waals surface area contributed by atoms with Crippen molar-refractivity contribution < 1.29 is 33.6 Å². The van der Waals surface area contributed by atoms with E-state index in [0.29, 0.717) is 35.5 Å². The SMILES string of the molecule is O=C1CCC(N2Cc3cc(N4CCN(CCN5CCN(c6ccc(Oc7c(-c8ccc(F)cc8)sc8cc(B(O)O)ccc78)cc6)CC5)CC4)ccc3C2=O)C(=O)N1. The number of carbonyl (C=O) groups excluding carboxylic acids is 3. The van der Waals surface area contributed by atoms with Crippen molar-refractivity contribution in [3.05, 3.63) is 102 Å². The third-order valence-electron chi connectivity index (χ3n) is 11.8. The molecule has 1 unspecified atom stereocenters. The predicted molar refractivity (Wildman–Crippen MR) is 223 cm³/mol. The van der Waals surface area contributed by atoms with Crippen LogP contribution in [0, 0.1) is 5.82 Å². The molecule has 5 heterocycles. The number of amides is 3. The fourth-order valence-corrected chi connectivity index (χ4v) is 9.67. The lowest BCUT2D eigenvalue weighted by Gasteiger charge is -2.39. The average Bonchev–Trinajstić information content (AvgIpc) is 3.76. The topological polar surface area (TPSA) is 129 Å². The van der Waals surface area contributed by atoms with Gasteiger partial charge in [-0.25, -0.2) is 4.39 Å². The molecule has 4 aliphatic rings. The smallest absolute Gasteiger partial charge is 0.455 e. The molecule has 5 aromatic rings. The van der Waals surface area contributed by atoms with E-state index in [1.54, 1.807) is 29.2 Å². The molecule has 3 fully saturated rings. The first kappa shape index (κ1) is 38.2. The predicted octanol–water partition coefficient (Wildman–Crippen LogP) is 3.88. The number of benzene rings is 4. The number of thiophene rings is 1. The lowest BCUT2D eigenvalue weighted by atomic mass is 9.80. The third kappa shape index (κ3) is 7.80. The van der Waals surface area contributed by atoms with Crippen LogP contribution < -0.4 is 25.3 Å². The van der Waals surface area contributed by atoms with Crippen molar-refractivity contribution in [2.45, 2.75) is 25.4 Å². The molecule has 1 atom stereocenters. The van der Waals surface area contributed by atoms with E-state index >= 15 is 0 Å². The number of rotatable bonds is 10. The Morgan fingerprint density at radius 1 is 0.776 bits per heavy atom. The fourth-order valence-electron chi connectivity index (χ4n) is 8.49. The molecule has 4 aromatic carbocycles. The molecule has 3 N–H and O–H groups in total. The van der Waals surface area contributed by atoms with Crippen LogP contribution in [0.3, 0.4) is 0 Å². The summed E-state index contributed by atoms with van der Waals surface area (Å²) in [5.74, 6) is 0.196. The molecular formula is C43H44BFN6O6S. The summed E-state index contributed by atoms with van der Waals surface area (Å²) >= 11 is 1.46. The number of hydrogen-bond donors (Lipinski definition) is 3. The van der Waals surface area contributed by atoms with Gasteiger partial charge in [0.2, 0.25) is 11.8 Å². The van der Waals surface area contributed by atoms with Crippen molar-refractivity contribution in [2.24, 2.45) is 0 Å². The second-order valence-electron chi connectivity index (χ2n) is 15.4. The zero-order valence-corrected chi connectivity index (χ0v) is 32.8. The fraction of sp³-hybridized carbons (Fsp3) is 0.326. The summed E-state index contributed by atoms with van der Waals surface area (Å²) < 4.78 is 21.1. The molecule has 4 aliphatic heterocycles. The van der Waals surface area contributed by atoms with Gasteiger partial charge in [-0.05, 0) is 83.7 Å². The minimum absolute atomic E-state index is 0.143. The van der Waals surface area contributed by atoms with Crippen LogP contribution in [0.5, 0.6) is 11.5 Å². The first-order chi connectivity index (χ1) is 28.2. The summed E-state index contributed by atoms with van der Waals surface area (Å²) in [6.07, 6.45) is 0.608. The van der Waals surface area contributed by atoms with Crippen LogP contribution in [0.25, 0.3) is 20.5 Å². The normalized spacial score (nSPS) is 19.2. The summed E-state index contributed by atoms with van der Waals surface area (Å²) in [6.45, 7) is 9.97. The van der Waals surface area contributed by atoms with Gasteiger partial charge in [-0.2, -0.15) is 0 Å². The average molecular weight is 803 g/mol. The van der Waals surface area contributed by atoms with Crippen molar-refractivity contribution in [3.63, 3.8) is 0 Å². The number of ether oxygens (including phenoxy) is 1. The Hall–Kier alpha value is -5.32. The number of hydrogen-bond acceptors (Lipinski definition) is 11. The highest BCUT2D eigenvalue weighted by atomic mass is 32.1. The second kappa shape index (κ2) is 16.1. The Balaban J connectivity index is 0.753. The van der Waals surface area contributed by atoms with Gasteiger partial charge in [0.05, 0.1) is 4.88 Å². The molecule has 1 aromatic heterocycles. The van der Waals surface area contributed by atoms with Crippen LogP contribution >= 0.6 is 11.3 Å². The third-order valence-corrected chi connectivity index (χ3v) is 13.0. The number of anilines is 2. The standard InChI is InChI=1S/C43H44BFN6O6S/c45-31-4-1-28(2-5-31)41-40(36-11-3-30(44(55)56)26-38(36)58-41)57-34-9-6-32(7-10-34)49-21-17-47(18-22-49)15-16-48-19-23-50(24-20-48)33-8-12-35-29(25-33)27-51(43(35)54)37-13-14-39(52)46-42(37)53/h1-12,25-26,37,55-56H,13-24,27H2,(H,46,52,53). The van der Waals surface area contributed by atoms with Gasteiger partial charge in [0, 0.05) is 105 Å². The van der Waals surface area contributed by atoms with E-state index in [9.17, 15) is 28.8 Å². The van der Waals surface area contributed by atoms with Gasteiger partial charge >= 0.3 is 7.12 Å². The molecule has 12 nitrogen and oxygen atoms in total. The lowest BCUT2D eigenvalue weighted by molar-refractivity contribution is -0.136. The minimum Gasteiger partial charge on any atom is -0.455 e. The van der Waals surface area contributed by atoms with Gasteiger partial charge < -0.3 is 29.5 Å². The molecule has 0 aliphatic carbocycles. The van der Waals surface area contributed by atoms with Gasteiger partial charge in [-0.3, -0.25) is 29.5 Å². The number of fused-ring (bicyclic) bond motifs is 2. The van der Waals surface area contributed by atoms with Crippen molar-refractivity contribution >= 4 is 63.1 Å². The van der Waals surface area contributed by atoms with Gasteiger partial charge in [-0.15, -0.1) is 11.3 Å². The first-order valence-electron chi connectivity index (χ1n) is 19.9. The van der Waals surface area contributed by atoms with E-state index in [-0.39, 0.29) is 30.0 Å². The molecule has 58 heavy (non-hydrogen) atoms. The first-order valence-corrected chi connectivity index (χ1v) is 20.7. The number of piperazine rings is 2. The Morgan fingerprint density at radius 3 is 2.09 bits per heavy atom. The van der Waals surface area contributed by atoms with Gasteiger partial charge in [0.1, 0.15) is 17.6 Å². The second-order valence-corrected chi connectivity index (χ2v) is 16.4. The highest BCUT2D eigenvalue weighted by Crippen LogP contribution is 2.46. The number of carbonyl (C=O) groups is 3. The van der Waals surface area contributed by atoms with Crippen LogP contribution in [-0.2, 0) is 16.1 Å². The van der Waals surface area contributed by atoms with Gasteiger partial charge in [0.15, 0.2) is 5.75 Å². The molecular weight excluding hydrogens is 758 g/mol. The number of nitrogens with zero attached hydrogens (tertiary/aromatic N) is 5. The minimum atomic E-state index is -1.58. The van der Waals surface area contributed by atoms with Crippen LogP contribution in [-0.4, -0.2) is 121 Å². The van der Waals surface area contributed by atoms with Crippen LogP contribution in [0.2, 0.25) is 0 Å². The maximum atomic E-state index is 13.8. The number of piperidine rings is 1. The van der Waals surface area contributed by atoms with E-state index in [1.807, 2.05) is 30.3 Å². The van der Waals surface area contributed by atoms with Crippen molar-refractivity contribution in [2.75, 3.05) is 75.2 Å². The Bertz CT molecular complexity index is 2340. The monoisotopic (exact) mass is 802 g/mol. The molecule has 3 amide bonds. The van der Waals surface area contributed by atoms with Gasteiger partial charge in [-0.1, -0.05) is 24.3 Å². The number of imide groups is 1. The maximum Gasteiger partial charge on any atom is 0.488 e. The Labute approximate surface area is 340 Å². The zero-order valence-electron chi connectivity index (χ0n) is 32.0. The van der Waals surface area contributed by atoms with E-state index < -0.39 is 13.2 Å². The van der Waals surface area contributed by atoms with E-state index in [0.717, 1.165) is 103 Å². The number of nitrogens with one attached hydrogen (secondary N) is 1. The molecule has 0 radical (unpaired) electrons. The summed E-state index contributed by atoms with van der Waals surface area (Å²) in [5.41, 5.74) is 5.02. The summed E-state index contributed by atoms with van der Waals surface area (Å²) in [7, 11) is -1.58. The molecule has 0 saturated carbocycles. The van der Waals surface area contributed by atoms with Crippen LogP contribution in [0.15, 0.2) is 84.9 Å². The summed E-state index contributed by atoms with van der Waals surface area (Å²) in [5, 5.41) is 22.7. The summed E-state index contributed by atoms with van der Waals surface area (Å²) in [6, 6.07) is 25.1. The molecule has 0 spiro atoms. The van der Waals surface area contributed by atoms with Crippen LogP contribution in [0.4, 0.5) is 15.8 Å². The van der Waals surface area contributed by atoms with Crippen molar-refractivity contribution in [1.29, 1.82) is 0 Å². The molecule has 298 valence electrons. The zero-order chi connectivity index (χ0) is 39.9. The van der Waals surface area contributed by atoms with E-state index in [4.69, 9.17) is 4.74 Å². The van der Waals surface area contributed by atoms with E-state index in [1.165, 1.54) is 23.5 Å².